The van der Waals surface area contributed by atoms with E-state index >= 15 is 0 Å². The lowest BCUT2D eigenvalue weighted by molar-refractivity contribution is -0.137. The van der Waals surface area contributed by atoms with Crippen LogP contribution in [0.4, 0.5) is 0 Å². The Morgan fingerprint density at radius 3 is 2.75 bits per heavy atom. The van der Waals surface area contributed by atoms with Gasteiger partial charge in [0.15, 0.2) is 0 Å². The van der Waals surface area contributed by atoms with Gasteiger partial charge in [0.2, 0.25) is 0 Å². The molecule has 1 aromatic carbocycles. The number of aryl methyl sites for hydroxylation is 1. The van der Waals surface area contributed by atoms with E-state index in [4.69, 9.17) is 5.11 Å². The maximum absolute atomic E-state index is 10.6. The number of fused-ring (bicyclic) bond motifs is 1. The number of thiophene rings is 1. The van der Waals surface area contributed by atoms with Crippen molar-refractivity contribution in [1.29, 1.82) is 0 Å². The van der Waals surface area contributed by atoms with Crippen molar-refractivity contribution >= 4 is 39.3 Å². The molecule has 4 nitrogen and oxygen atoms in total. The number of aromatic nitrogens is 2. The van der Waals surface area contributed by atoms with Crippen LogP contribution in [0.25, 0.3) is 21.3 Å². The Morgan fingerprint density at radius 1 is 1.25 bits per heavy atom. The van der Waals surface area contributed by atoms with Crippen molar-refractivity contribution in [1.82, 2.24) is 9.97 Å². The van der Waals surface area contributed by atoms with Gasteiger partial charge in [-0.3, -0.25) is 4.79 Å². The smallest absolute Gasteiger partial charge is 0.303 e. The van der Waals surface area contributed by atoms with Crippen molar-refractivity contribution in [2.24, 2.45) is 0 Å². The molecule has 3 rings (SSSR count). The first kappa shape index (κ1) is 16.9. The van der Waals surface area contributed by atoms with Crippen molar-refractivity contribution in [2.45, 2.75) is 31.2 Å². The van der Waals surface area contributed by atoms with E-state index in [1.54, 1.807) is 29.4 Å². The minimum absolute atomic E-state index is 0.191. The second-order valence-corrected chi connectivity index (χ2v) is 7.35. The SMILES string of the molecule is CCc1ccc(-c2csc3ncnc(SCCCC(=O)O)c23)cc1. The van der Waals surface area contributed by atoms with Gasteiger partial charge in [0.1, 0.15) is 16.2 Å². The molecule has 2 heterocycles. The Labute approximate surface area is 149 Å². The number of carboxylic acid groups (broad SMARTS) is 1. The van der Waals surface area contributed by atoms with E-state index in [1.807, 2.05) is 0 Å². The molecule has 0 aliphatic rings. The van der Waals surface area contributed by atoms with Crippen LogP contribution in [-0.2, 0) is 11.2 Å². The summed E-state index contributed by atoms with van der Waals surface area (Å²) in [6, 6.07) is 8.60. The van der Waals surface area contributed by atoms with E-state index in [0.29, 0.717) is 6.42 Å². The average Bonchev–Trinajstić information content (AvgIpc) is 3.03. The molecule has 0 spiro atoms. The third-order valence-corrected chi connectivity index (χ3v) is 5.74. The van der Waals surface area contributed by atoms with Crippen LogP contribution in [0.15, 0.2) is 41.0 Å². The van der Waals surface area contributed by atoms with E-state index in [9.17, 15) is 4.79 Å². The quantitative estimate of drug-likeness (QED) is 0.370. The molecular weight excluding hydrogens is 340 g/mol. The summed E-state index contributed by atoms with van der Waals surface area (Å²) in [6.07, 6.45) is 3.44. The van der Waals surface area contributed by atoms with Gasteiger partial charge >= 0.3 is 5.97 Å². The van der Waals surface area contributed by atoms with Crippen molar-refractivity contribution in [3.63, 3.8) is 0 Å². The predicted molar refractivity (Wildman–Crippen MR) is 99.8 cm³/mol. The highest BCUT2D eigenvalue weighted by molar-refractivity contribution is 7.99. The molecule has 0 saturated heterocycles. The molecule has 2 aromatic heterocycles. The lowest BCUT2D eigenvalue weighted by Gasteiger charge is -2.06. The fourth-order valence-electron chi connectivity index (χ4n) is 2.48. The van der Waals surface area contributed by atoms with Gasteiger partial charge in [0.05, 0.1) is 5.39 Å². The van der Waals surface area contributed by atoms with E-state index in [0.717, 1.165) is 33.0 Å². The number of hydrogen-bond donors (Lipinski definition) is 1. The normalized spacial score (nSPS) is 11.0. The highest BCUT2D eigenvalue weighted by Crippen LogP contribution is 2.38. The first-order valence-electron chi connectivity index (χ1n) is 7.85. The molecule has 6 heteroatoms. The number of rotatable bonds is 7. The zero-order valence-electron chi connectivity index (χ0n) is 13.4. The summed E-state index contributed by atoms with van der Waals surface area (Å²) in [5.41, 5.74) is 3.64. The van der Waals surface area contributed by atoms with Crippen LogP contribution in [0.2, 0.25) is 0 Å². The third-order valence-electron chi connectivity index (χ3n) is 3.78. The molecule has 0 fully saturated rings. The van der Waals surface area contributed by atoms with E-state index in [2.05, 4.69) is 46.5 Å². The van der Waals surface area contributed by atoms with Crippen molar-refractivity contribution < 1.29 is 9.90 Å². The standard InChI is InChI=1S/C18H18N2O2S2/c1-2-12-5-7-13(8-6-12)14-10-24-18-16(14)17(19-11-20-18)23-9-3-4-15(21)22/h5-8,10-11H,2-4,9H2,1H3,(H,21,22). The Hall–Kier alpha value is -1.92. The first-order valence-corrected chi connectivity index (χ1v) is 9.71. The van der Waals surface area contributed by atoms with Gasteiger partial charge < -0.3 is 5.11 Å². The van der Waals surface area contributed by atoms with Gasteiger partial charge in [-0.25, -0.2) is 9.97 Å². The number of thioether (sulfide) groups is 1. The number of carboxylic acids is 1. The molecule has 0 radical (unpaired) electrons. The molecular formula is C18H18N2O2S2. The highest BCUT2D eigenvalue weighted by Gasteiger charge is 2.13. The molecule has 3 aromatic rings. The maximum Gasteiger partial charge on any atom is 0.303 e. The molecule has 24 heavy (non-hydrogen) atoms. The van der Waals surface area contributed by atoms with E-state index in [-0.39, 0.29) is 6.42 Å². The minimum Gasteiger partial charge on any atom is -0.481 e. The van der Waals surface area contributed by atoms with Crippen LogP contribution in [0.1, 0.15) is 25.3 Å². The fourth-order valence-corrected chi connectivity index (χ4v) is 4.42. The minimum atomic E-state index is -0.754. The van der Waals surface area contributed by atoms with Crippen LogP contribution in [0.5, 0.6) is 0 Å². The number of nitrogens with zero attached hydrogens (tertiary/aromatic N) is 2. The number of benzene rings is 1. The summed E-state index contributed by atoms with van der Waals surface area (Å²) >= 11 is 3.22. The van der Waals surface area contributed by atoms with Crippen LogP contribution in [0.3, 0.4) is 0 Å². The molecule has 1 N–H and O–H groups in total. The zero-order valence-corrected chi connectivity index (χ0v) is 15.0. The fraction of sp³-hybridized carbons (Fsp3) is 0.278. The largest absolute Gasteiger partial charge is 0.481 e. The van der Waals surface area contributed by atoms with Crippen LogP contribution in [-0.4, -0.2) is 26.8 Å². The summed E-state index contributed by atoms with van der Waals surface area (Å²) in [5, 5.41) is 12.9. The van der Waals surface area contributed by atoms with Crippen molar-refractivity contribution in [3.05, 3.63) is 41.5 Å². The summed E-state index contributed by atoms with van der Waals surface area (Å²) in [5.74, 6) is -0.0154. The van der Waals surface area contributed by atoms with Crippen LogP contribution < -0.4 is 0 Å². The summed E-state index contributed by atoms with van der Waals surface area (Å²) in [4.78, 5) is 20.4. The lowest BCUT2D eigenvalue weighted by Crippen LogP contribution is -1.95. The number of hydrogen-bond acceptors (Lipinski definition) is 5. The highest BCUT2D eigenvalue weighted by atomic mass is 32.2. The Morgan fingerprint density at radius 2 is 2.04 bits per heavy atom. The van der Waals surface area contributed by atoms with Crippen LogP contribution in [0, 0.1) is 0 Å². The molecule has 0 aliphatic carbocycles. The number of aliphatic carboxylic acids is 1. The maximum atomic E-state index is 10.6. The second-order valence-electron chi connectivity index (χ2n) is 5.40. The van der Waals surface area contributed by atoms with E-state index < -0.39 is 5.97 Å². The first-order chi connectivity index (χ1) is 11.7. The van der Waals surface area contributed by atoms with Gasteiger partial charge in [0, 0.05) is 23.1 Å². The second kappa shape index (κ2) is 7.77. The van der Waals surface area contributed by atoms with Crippen LogP contribution >= 0.6 is 23.1 Å². The molecule has 0 unspecified atom stereocenters. The lowest BCUT2D eigenvalue weighted by atomic mass is 10.0. The Kier molecular flexibility index (Phi) is 5.48. The summed E-state index contributed by atoms with van der Waals surface area (Å²) in [7, 11) is 0. The Bertz CT molecular complexity index is 844. The van der Waals surface area contributed by atoms with Gasteiger partial charge in [-0.1, -0.05) is 31.2 Å². The average molecular weight is 358 g/mol. The number of carbonyl (C=O) groups is 1. The Balaban J connectivity index is 1.89. The van der Waals surface area contributed by atoms with Crippen molar-refractivity contribution in [3.8, 4) is 11.1 Å². The topological polar surface area (TPSA) is 63.1 Å². The third kappa shape index (κ3) is 3.76. The van der Waals surface area contributed by atoms with Gasteiger partial charge in [0.25, 0.3) is 0 Å². The predicted octanol–water partition coefficient (Wildman–Crippen LogP) is 4.88. The monoisotopic (exact) mass is 358 g/mol. The molecule has 124 valence electrons. The van der Waals surface area contributed by atoms with E-state index in [1.165, 1.54) is 11.1 Å². The molecule has 0 aliphatic heterocycles. The molecule has 0 bridgehead atoms. The summed E-state index contributed by atoms with van der Waals surface area (Å²) < 4.78 is 0. The molecule has 0 saturated carbocycles. The van der Waals surface area contributed by atoms with Gasteiger partial charge in [-0.05, 0) is 24.0 Å². The summed E-state index contributed by atoms with van der Waals surface area (Å²) in [6.45, 7) is 2.15. The molecule has 0 amide bonds. The molecule has 0 atom stereocenters. The van der Waals surface area contributed by atoms with Gasteiger partial charge in [-0.15, -0.1) is 23.1 Å². The van der Waals surface area contributed by atoms with Crippen molar-refractivity contribution in [2.75, 3.05) is 5.75 Å². The van der Waals surface area contributed by atoms with Gasteiger partial charge in [-0.2, -0.15) is 0 Å². The zero-order chi connectivity index (χ0) is 16.9.